The molecular weight excluding hydrogens is 501 g/mol. The Balaban J connectivity index is 1.60. The summed E-state index contributed by atoms with van der Waals surface area (Å²) in [5, 5.41) is 12.1. The monoisotopic (exact) mass is 528 g/mol. The van der Waals surface area contributed by atoms with Gasteiger partial charge >= 0.3 is 6.09 Å². The number of aromatic nitrogens is 2. The highest BCUT2D eigenvalue weighted by Crippen LogP contribution is 2.32. The van der Waals surface area contributed by atoms with E-state index in [1.165, 1.54) is 31.3 Å². The molecule has 0 aliphatic carbocycles. The van der Waals surface area contributed by atoms with Gasteiger partial charge in [-0.15, -0.1) is 0 Å². The predicted octanol–water partition coefficient (Wildman–Crippen LogP) is 3.88. The van der Waals surface area contributed by atoms with Crippen LogP contribution in [0.3, 0.4) is 0 Å². The van der Waals surface area contributed by atoms with Crippen molar-refractivity contribution in [3.63, 3.8) is 0 Å². The molecule has 200 valence electrons. The van der Waals surface area contributed by atoms with Gasteiger partial charge in [-0.1, -0.05) is 6.92 Å². The van der Waals surface area contributed by atoms with Gasteiger partial charge in [-0.3, -0.25) is 9.78 Å². The molecule has 38 heavy (non-hydrogen) atoms. The molecule has 9 nitrogen and oxygen atoms in total. The molecule has 4 rings (SSSR count). The maximum Gasteiger partial charge on any atom is 0.407 e. The Labute approximate surface area is 217 Å². The Morgan fingerprint density at radius 1 is 1.13 bits per heavy atom. The Hall–Kier alpha value is -4.19. The number of pyridine rings is 2. The molecule has 1 fully saturated rings. The van der Waals surface area contributed by atoms with Crippen LogP contribution in [0.1, 0.15) is 23.0 Å². The first-order chi connectivity index (χ1) is 18.0. The van der Waals surface area contributed by atoms with Gasteiger partial charge in [0.2, 0.25) is 0 Å². The van der Waals surface area contributed by atoms with Crippen molar-refractivity contribution in [2.24, 2.45) is 11.7 Å². The first kappa shape index (κ1) is 26.9. The van der Waals surface area contributed by atoms with Crippen LogP contribution >= 0.6 is 0 Å². The molecule has 3 aromatic rings. The number of hydrogen-bond acceptors (Lipinski definition) is 6. The molecule has 1 aromatic carbocycles. The first-order valence-electron chi connectivity index (χ1n) is 11.8. The van der Waals surface area contributed by atoms with Crippen LogP contribution in [0.5, 0.6) is 0 Å². The largest absolute Gasteiger partial charge is 0.465 e. The van der Waals surface area contributed by atoms with E-state index < -0.39 is 52.8 Å². The molecule has 1 saturated heterocycles. The average Bonchev–Trinajstić information content (AvgIpc) is 2.84. The number of aryl methyl sites for hydroxylation is 1. The SMILES string of the molecule is Cc1cc(F)c(-c2nc(C(=O)Nc3cnccc3N3C[C@@H](N)[C@@H](N(C)C(=O)O)[C@@H](C)C3)ccc2F)c(F)c1. The molecule has 1 aliphatic heterocycles. The summed E-state index contributed by atoms with van der Waals surface area (Å²) in [6, 6.07) is 4.92. The van der Waals surface area contributed by atoms with Crippen molar-refractivity contribution in [3.8, 4) is 11.3 Å². The number of rotatable bonds is 5. The number of carbonyl (C=O) groups excluding carboxylic acids is 1. The third-order valence-corrected chi connectivity index (χ3v) is 6.60. The van der Waals surface area contributed by atoms with E-state index in [1.807, 2.05) is 11.8 Å². The highest BCUT2D eigenvalue weighted by Gasteiger charge is 2.37. The lowest BCUT2D eigenvalue weighted by molar-refractivity contribution is 0.102. The van der Waals surface area contributed by atoms with Crippen LogP contribution < -0.4 is 16.0 Å². The molecule has 1 aliphatic rings. The van der Waals surface area contributed by atoms with Crippen LogP contribution in [0.15, 0.2) is 42.7 Å². The molecular formula is C26H27F3N6O3. The molecule has 3 heterocycles. The van der Waals surface area contributed by atoms with Crippen molar-refractivity contribution in [1.82, 2.24) is 14.9 Å². The number of benzene rings is 1. The number of nitrogens with zero attached hydrogens (tertiary/aromatic N) is 4. The molecule has 4 N–H and O–H groups in total. The second-order valence-electron chi connectivity index (χ2n) is 9.41. The van der Waals surface area contributed by atoms with E-state index in [-0.39, 0.29) is 11.6 Å². The second kappa shape index (κ2) is 10.7. The van der Waals surface area contributed by atoms with Gasteiger partial charge in [0.1, 0.15) is 28.8 Å². The van der Waals surface area contributed by atoms with Gasteiger partial charge in [-0.2, -0.15) is 0 Å². The van der Waals surface area contributed by atoms with E-state index in [2.05, 4.69) is 15.3 Å². The topological polar surface area (TPSA) is 125 Å². The van der Waals surface area contributed by atoms with Gasteiger partial charge in [0, 0.05) is 32.4 Å². The minimum absolute atomic E-state index is 0.128. The Morgan fingerprint density at radius 2 is 1.82 bits per heavy atom. The summed E-state index contributed by atoms with van der Waals surface area (Å²) < 4.78 is 43.5. The van der Waals surface area contributed by atoms with Crippen LogP contribution in [0.25, 0.3) is 11.3 Å². The number of piperidine rings is 1. The minimum atomic E-state index is -1.07. The Morgan fingerprint density at radius 3 is 2.45 bits per heavy atom. The van der Waals surface area contributed by atoms with Crippen molar-refractivity contribution < 1.29 is 27.9 Å². The normalized spacial score (nSPS) is 19.2. The molecule has 0 unspecified atom stereocenters. The molecule has 3 atom stereocenters. The number of carboxylic acid groups (broad SMARTS) is 1. The van der Waals surface area contributed by atoms with Crippen LogP contribution in [0.4, 0.5) is 29.3 Å². The Kier molecular flexibility index (Phi) is 7.53. The summed E-state index contributed by atoms with van der Waals surface area (Å²) in [5.74, 6) is -3.85. The summed E-state index contributed by atoms with van der Waals surface area (Å²) in [7, 11) is 1.48. The summed E-state index contributed by atoms with van der Waals surface area (Å²) in [6.45, 7) is 4.15. The van der Waals surface area contributed by atoms with Crippen molar-refractivity contribution in [3.05, 3.63) is 71.4 Å². The number of nitrogens with two attached hydrogens (primary N) is 1. The fraction of sp³-hybridized carbons (Fsp3) is 0.308. The van der Waals surface area contributed by atoms with Gasteiger partial charge in [-0.25, -0.2) is 22.9 Å². The van der Waals surface area contributed by atoms with Crippen molar-refractivity contribution >= 4 is 23.4 Å². The van der Waals surface area contributed by atoms with E-state index in [4.69, 9.17) is 5.73 Å². The van der Waals surface area contributed by atoms with Crippen LogP contribution in [-0.4, -0.2) is 64.2 Å². The third-order valence-electron chi connectivity index (χ3n) is 6.60. The lowest BCUT2D eigenvalue weighted by atomic mass is 9.89. The van der Waals surface area contributed by atoms with Gasteiger partial charge in [0.15, 0.2) is 0 Å². The van der Waals surface area contributed by atoms with Gasteiger partial charge in [0.05, 0.1) is 29.2 Å². The lowest BCUT2D eigenvalue weighted by Gasteiger charge is -2.45. The molecule has 2 aromatic heterocycles. The number of anilines is 2. The Bertz CT molecular complexity index is 1350. The summed E-state index contributed by atoms with van der Waals surface area (Å²) in [5.41, 5.74) is 6.00. The zero-order valence-corrected chi connectivity index (χ0v) is 21.0. The molecule has 0 bridgehead atoms. The molecule has 0 spiro atoms. The first-order valence-corrected chi connectivity index (χ1v) is 11.8. The van der Waals surface area contributed by atoms with E-state index in [1.54, 1.807) is 6.07 Å². The molecule has 0 radical (unpaired) electrons. The third kappa shape index (κ3) is 5.25. The van der Waals surface area contributed by atoms with Crippen molar-refractivity contribution in [2.75, 3.05) is 30.4 Å². The highest BCUT2D eigenvalue weighted by atomic mass is 19.1. The van der Waals surface area contributed by atoms with Crippen molar-refractivity contribution in [1.29, 1.82) is 0 Å². The standard InChI is InChI=1S/C26H27F3N6O3/c1-13-8-16(28)22(17(29)9-13)23-15(27)4-5-19(32-23)25(36)33-20-10-31-7-6-21(20)35-11-14(2)24(18(30)12-35)34(3)26(37)38/h4-10,14,18,24H,11-12,30H2,1-3H3,(H,33,36)(H,37,38)/t14-,18+,24-/m0/s1. The van der Waals surface area contributed by atoms with Crippen LogP contribution in [-0.2, 0) is 0 Å². The van der Waals surface area contributed by atoms with E-state index >= 15 is 0 Å². The van der Waals surface area contributed by atoms with E-state index in [9.17, 15) is 27.9 Å². The van der Waals surface area contributed by atoms with Gasteiger partial charge in [-0.05, 0) is 48.7 Å². The van der Waals surface area contributed by atoms with Gasteiger partial charge < -0.3 is 26.0 Å². The zero-order chi connectivity index (χ0) is 27.7. The maximum atomic E-state index is 14.5. The van der Waals surface area contributed by atoms with Crippen molar-refractivity contribution in [2.45, 2.75) is 25.9 Å². The number of nitrogens with one attached hydrogen (secondary N) is 1. The number of hydrogen-bond donors (Lipinski definition) is 3. The minimum Gasteiger partial charge on any atom is -0.465 e. The number of carbonyl (C=O) groups is 2. The number of halogens is 3. The maximum absolute atomic E-state index is 14.5. The molecule has 2 amide bonds. The quantitative estimate of drug-likeness (QED) is 0.459. The highest BCUT2D eigenvalue weighted by molar-refractivity contribution is 6.04. The second-order valence-corrected chi connectivity index (χ2v) is 9.41. The molecule has 0 saturated carbocycles. The fourth-order valence-corrected chi connectivity index (χ4v) is 4.92. The van der Waals surface area contributed by atoms with Crippen LogP contribution in [0.2, 0.25) is 0 Å². The zero-order valence-electron chi connectivity index (χ0n) is 21.0. The summed E-state index contributed by atoms with van der Waals surface area (Å²) in [4.78, 5) is 35.7. The summed E-state index contributed by atoms with van der Waals surface area (Å²) >= 11 is 0. The smallest absolute Gasteiger partial charge is 0.407 e. The fourth-order valence-electron chi connectivity index (χ4n) is 4.92. The number of likely N-dealkylation sites (N-methyl/N-ethyl adjacent to an activating group) is 1. The number of amides is 2. The van der Waals surface area contributed by atoms with E-state index in [0.717, 1.165) is 24.3 Å². The predicted molar refractivity (Wildman–Crippen MR) is 135 cm³/mol. The van der Waals surface area contributed by atoms with E-state index in [0.29, 0.717) is 30.0 Å². The lowest BCUT2D eigenvalue weighted by Crippen LogP contribution is -2.62. The average molecular weight is 529 g/mol. The van der Waals surface area contributed by atoms with Crippen LogP contribution in [0, 0.1) is 30.3 Å². The summed E-state index contributed by atoms with van der Waals surface area (Å²) in [6.07, 6.45) is 1.88. The molecule has 12 heteroatoms. The van der Waals surface area contributed by atoms with Gasteiger partial charge in [0.25, 0.3) is 5.91 Å².